The van der Waals surface area contributed by atoms with E-state index >= 15 is 0 Å². The molecular formula is C23H35ClN2OSi. The Kier molecular flexibility index (Phi) is 5.78. The van der Waals surface area contributed by atoms with Crippen molar-refractivity contribution in [2.45, 2.75) is 103 Å². The van der Waals surface area contributed by atoms with Crippen molar-refractivity contribution in [3.63, 3.8) is 0 Å². The quantitative estimate of drug-likeness (QED) is 0.382. The molecule has 1 unspecified atom stereocenters. The van der Waals surface area contributed by atoms with Crippen LogP contribution in [0.3, 0.4) is 0 Å². The average Bonchev–Trinajstić information content (AvgIpc) is 3.04. The third-order valence-corrected chi connectivity index (χ3v) is 11.9. The average molecular weight is 419 g/mol. The Labute approximate surface area is 177 Å². The van der Waals surface area contributed by atoms with Crippen LogP contribution in [0, 0.1) is 16.7 Å². The number of nitrogens with zero attached hydrogens (tertiary/aromatic N) is 2. The number of hydrogen-bond acceptors (Lipinski definition) is 3. The van der Waals surface area contributed by atoms with Gasteiger partial charge in [-0.05, 0) is 60.7 Å². The lowest BCUT2D eigenvalue weighted by atomic mass is 9.72. The van der Waals surface area contributed by atoms with Gasteiger partial charge in [0, 0.05) is 11.3 Å². The Hall–Kier alpha value is -0.893. The summed E-state index contributed by atoms with van der Waals surface area (Å²) >= 11 is 6.53. The van der Waals surface area contributed by atoms with Gasteiger partial charge in [-0.25, -0.2) is 4.98 Å². The number of hydrogen-bond donors (Lipinski definition) is 0. The molecule has 0 saturated heterocycles. The molecule has 154 valence electrons. The Bertz CT molecular complexity index is 798. The first-order chi connectivity index (χ1) is 12.9. The van der Waals surface area contributed by atoms with E-state index in [1.54, 1.807) is 0 Å². The van der Waals surface area contributed by atoms with Crippen LogP contribution in [-0.2, 0) is 10.8 Å². The number of aromatic nitrogens is 1. The fourth-order valence-electron chi connectivity index (χ4n) is 4.64. The summed E-state index contributed by atoms with van der Waals surface area (Å²) in [5, 5.41) is 10.4. The number of halogens is 1. The van der Waals surface area contributed by atoms with Gasteiger partial charge in [0.05, 0.1) is 11.7 Å². The molecule has 1 atom stereocenters. The molecule has 1 saturated carbocycles. The Morgan fingerprint density at radius 1 is 1.18 bits per heavy atom. The van der Waals surface area contributed by atoms with Crippen LogP contribution in [0.4, 0.5) is 0 Å². The van der Waals surface area contributed by atoms with Gasteiger partial charge in [0.2, 0.25) is 0 Å². The van der Waals surface area contributed by atoms with Crippen molar-refractivity contribution < 1.29 is 4.43 Å². The smallest absolute Gasteiger partial charge is 0.192 e. The third-order valence-electron chi connectivity index (χ3n) is 7.13. The highest BCUT2D eigenvalue weighted by molar-refractivity contribution is 6.74. The summed E-state index contributed by atoms with van der Waals surface area (Å²) in [6, 6.07) is 2.39. The molecular weight excluding hydrogens is 384 g/mol. The maximum Gasteiger partial charge on any atom is 0.192 e. The van der Waals surface area contributed by atoms with Crippen molar-refractivity contribution in [2.75, 3.05) is 0 Å². The second-order valence-electron chi connectivity index (χ2n) is 11.1. The van der Waals surface area contributed by atoms with E-state index in [1.165, 1.54) is 18.4 Å². The fourth-order valence-corrected chi connectivity index (χ4v) is 6.15. The second kappa shape index (κ2) is 7.42. The predicted molar refractivity (Wildman–Crippen MR) is 118 cm³/mol. The van der Waals surface area contributed by atoms with E-state index in [2.05, 4.69) is 53.8 Å². The molecule has 28 heavy (non-hydrogen) atoms. The summed E-state index contributed by atoms with van der Waals surface area (Å²) in [5.41, 5.74) is 4.13. The van der Waals surface area contributed by atoms with Crippen LogP contribution in [0.15, 0.2) is 0 Å². The van der Waals surface area contributed by atoms with Crippen molar-refractivity contribution in [2.24, 2.45) is 5.41 Å². The van der Waals surface area contributed by atoms with Gasteiger partial charge in [-0.15, -0.1) is 0 Å². The highest BCUT2D eigenvalue weighted by Crippen LogP contribution is 2.51. The summed E-state index contributed by atoms with van der Waals surface area (Å²) in [6.45, 7) is 16.1. The van der Waals surface area contributed by atoms with Crippen LogP contribution in [-0.4, -0.2) is 13.3 Å². The molecule has 2 aliphatic rings. The minimum Gasteiger partial charge on any atom is -0.410 e. The highest BCUT2D eigenvalue weighted by atomic mass is 35.5. The van der Waals surface area contributed by atoms with E-state index in [0.717, 1.165) is 36.9 Å². The van der Waals surface area contributed by atoms with Crippen LogP contribution in [0.5, 0.6) is 0 Å². The van der Waals surface area contributed by atoms with E-state index < -0.39 is 8.32 Å². The minimum absolute atomic E-state index is 0.00658. The summed E-state index contributed by atoms with van der Waals surface area (Å²) < 4.78 is 6.99. The van der Waals surface area contributed by atoms with Gasteiger partial charge < -0.3 is 4.43 Å². The van der Waals surface area contributed by atoms with Crippen LogP contribution in [0.1, 0.15) is 101 Å². The highest BCUT2D eigenvalue weighted by Gasteiger charge is 2.45. The predicted octanol–water partition coefficient (Wildman–Crippen LogP) is 7.30. The summed E-state index contributed by atoms with van der Waals surface area (Å²) in [4.78, 5) is 4.73. The van der Waals surface area contributed by atoms with Crippen LogP contribution in [0.25, 0.3) is 0 Å². The molecule has 0 N–H and O–H groups in total. The zero-order valence-electron chi connectivity index (χ0n) is 18.6. The van der Waals surface area contributed by atoms with Crippen LogP contribution in [0.2, 0.25) is 23.3 Å². The first-order valence-electron chi connectivity index (χ1n) is 10.7. The molecule has 3 nitrogen and oxygen atoms in total. The summed E-state index contributed by atoms with van der Waals surface area (Å²) in [5.74, 6) is 0.413. The molecule has 1 fully saturated rings. The molecule has 3 rings (SSSR count). The van der Waals surface area contributed by atoms with Gasteiger partial charge in [0.15, 0.2) is 8.32 Å². The molecule has 1 heterocycles. The molecule has 0 bridgehead atoms. The summed E-state index contributed by atoms with van der Waals surface area (Å²) in [7, 11) is -1.97. The zero-order valence-corrected chi connectivity index (χ0v) is 20.3. The van der Waals surface area contributed by atoms with E-state index in [0.29, 0.717) is 16.6 Å². The maximum absolute atomic E-state index is 9.91. The van der Waals surface area contributed by atoms with Gasteiger partial charge in [-0.3, -0.25) is 0 Å². The van der Waals surface area contributed by atoms with Crippen molar-refractivity contribution in [1.82, 2.24) is 4.98 Å². The summed E-state index contributed by atoms with van der Waals surface area (Å²) in [6.07, 6.45) is 6.60. The van der Waals surface area contributed by atoms with E-state index in [9.17, 15) is 5.26 Å². The Morgan fingerprint density at radius 3 is 2.32 bits per heavy atom. The van der Waals surface area contributed by atoms with E-state index in [-0.39, 0.29) is 16.6 Å². The minimum atomic E-state index is -1.97. The lowest BCUT2D eigenvalue weighted by Gasteiger charge is -2.45. The topological polar surface area (TPSA) is 45.9 Å². The normalized spacial score (nSPS) is 22.8. The third kappa shape index (κ3) is 4.04. The zero-order chi connectivity index (χ0) is 20.9. The molecule has 0 radical (unpaired) electrons. The number of pyridine rings is 1. The SMILES string of the molecule is CC1(C)Cc2nc(Cl)c(C#N)c(C3CCCC3)c2C(O[Si](C)(C)C(C)(C)C)C1. The molecule has 0 aliphatic heterocycles. The monoisotopic (exact) mass is 418 g/mol. The fraction of sp³-hybridized carbons (Fsp3) is 0.739. The van der Waals surface area contributed by atoms with Gasteiger partial charge >= 0.3 is 0 Å². The largest absolute Gasteiger partial charge is 0.410 e. The first-order valence-corrected chi connectivity index (χ1v) is 13.9. The Morgan fingerprint density at radius 2 is 1.79 bits per heavy atom. The second-order valence-corrected chi connectivity index (χ2v) is 16.2. The van der Waals surface area contributed by atoms with Gasteiger partial charge in [-0.1, -0.05) is 59.1 Å². The molecule has 1 aromatic heterocycles. The van der Waals surface area contributed by atoms with Crippen LogP contribution < -0.4 is 0 Å². The van der Waals surface area contributed by atoms with Gasteiger partial charge in [0.1, 0.15) is 11.2 Å². The number of rotatable bonds is 3. The standard InChI is InChI=1S/C23H35ClN2OSi/c1-22(2,3)28(6,7)27-18-13-23(4,5)12-17-20(18)19(15-10-8-9-11-15)16(14-25)21(24)26-17/h15,18H,8-13H2,1-7H3. The van der Waals surface area contributed by atoms with Crippen LogP contribution >= 0.6 is 11.6 Å². The van der Waals surface area contributed by atoms with Crippen molar-refractivity contribution in [3.8, 4) is 6.07 Å². The van der Waals surface area contributed by atoms with Gasteiger partial charge in [-0.2, -0.15) is 5.26 Å². The lowest BCUT2D eigenvalue weighted by Crippen LogP contribution is -2.44. The van der Waals surface area contributed by atoms with Gasteiger partial charge in [0.25, 0.3) is 0 Å². The number of nitriles is 1. The van der Waals surface area contributed by atoms with Crippen molar-refractivity contribution in [1.29, 1.82) is 5.26 Å². The van der Waals surface area contributed by atoms with Crippen molar-refractivity contribution >= 4 is 19.9 Å². The first kappa shape index (κ1) is 21.8. The molecule has 5 heteroatoms. The maximum atomic E-state index is 9.91. The molecule has 0 aromatic carbocycles. The molecule has 0 amide bonds. The lowest BCUT2D eigenvalue weighted by molar-refractivity contribution is 0.105. The number of fused-ring (bicyclic) bond motifs is 1. The molecule has 2 aliphatic carbocycles. The van der Waals surface area contributed by atoms with Crippen molar-refractivity contribution in [3.05, 3.63) is 27.5 Å². The van der Waals surface area contributed by atoms with E-state index in [1.807, 2.05) is 0 Å². The Balaban J connectivity index is 2.19. The molecule has 0 spiro atoms. The molecule has 1 aromatic rings. The van der Waals surface area contributed by atoms with E-state index in [4.69, 9.17) is 21.0 Å².